The lowest BCUT2D eigenvalue weighted by Gasteiger charge is -1.95. The summed E-state index contributed by atoms with van der Waals surface area (Å²) < 4.78 is 15.1. The maximum atomic E-state index is 8.30. The summed E-state index contributed by atoms with van der Waals surface area (Å²) in [4.78, 5) is 0. The van der Waals surface area contributed by atoms with Gasteiger partial charge in [-0.3, -0.25) is 0 Å². The van der Waals surface area contributed by atoms with Gasteiger partial charge in [0.25, 0.3) is 0 Å². The standard InChI is InChI=1S/C6H10O3.C6H14O2.C2H6O2/c1(5-3-8-5)7-2-6-4-9-6;7-5-3-1-2-4-6-8;3-1-2-4/h5-6H,1-4H2;7-8H,1-6H2;3-4H,1-2H2. The predicted octanol–water partition coefficient (Wildman–Crippen LogP) is -0.697. The minimum atomic E-state index is -0.125. The van der Waals surface area contributed by atoms with Crippen molar-refractivity contribution in [1.29, 1.82) is 0 Å². The summed E-state index contributed by atoms with van der Waals surface area (Å²) in [6.07, 6.45) is 4.61. The number of aliphatic hydroxyl groups excluding tert-OH is 4. The van der Waals surface area contributed by atoms with Gasteiger partial charge in [0.15, 0.2) is 0 Å². The van der Waals surface area contributed by atoms with Crippen LogP contribution in [0.15, 0.2) is 0 Å². The highest BCUT2D eigenvalue weighted by Crippen LogP contribution is 2.12. The molecule has 7 heteroatoms. The van der Waals surface area contributed by atoms with E-state index >= 15 is 0 Å². The van der Waals surface area contributed by atoms with Crippen LogP contribution in [0.25, 0.3) is 0 Å². The predicted molar refractivity (Wildman–Crippen MR) is 77.1 cm³/mol. The minimum absolute atomic E-state index is 0.125. The minimum Gasteiger partial charge on any atom is -0.396 e. The summed E-state index contributed by atoms with van der Waals surface area (Å²) in [5.74, 6) is 0. The van der Waals surface area contributed by atoms with Crippen LogP contribution in [0, 0.1) is 0 Å². The van der Waals surface area contributed by atoms with Crippen molar-refractivity contribution in [2.24, 2.45) is 0 Å². The molecule has 2 saturated heterocycles. The Morgan fingerprint density at radius 1 is 0.667 bits per heavy atom. The normalized spacial score (nSPS) is 21.7. The second-order valence-corrected chi connectivity index (χ2v) is 4.76. The maximum absolute atomic E-state index is 8.30. The molecule has 21 heavy (non-hydrogen) atoms. The highest BCUT2D eigenvalue weighted by Gasteiger charge is 2.26. The summed E-state index contributed by atoms with van der Waals surface area (Å²) in [5, 5.41) is 31.9. The van der Waals surface area contributed by atoms with Crippen LogP contribution in [0.3, 0.4) is 0 Å². The number of rotatable bonds is 10. The van der Waals surface area contributed by atoms with Gasteiger partial charge < -0.3 is 34.6 Å². The topological polar surface area (TPSA) is 115 Å². The molecule has 128 valence electrons. The zero-order chi connectivity index (χ0) is 15.8. The van der Waals surface area contributed by atoms with Gasteiger partial charge >= 0.3 is 0 Å². The van der Waals surface area contributed by atoms with Crippen molar-refractivity contribution in [3.63, 3.8) is 0 Å². The fraction of sp³-hybridized carbons (Fsp3) is 1.00. The van der Waals surface area contributed by atoms with E-state index in [0.717, 1.165) is 52.1 Å². The molecule has 0 bridgehead atoms. The molecule has 2 atom stereocenters. The molecule has 0 aromatic heterocycles. The highest BCUT2D eigenvalue weighted by molar-refractivity contribution is 4.71. The van der Waals surface area contributed by atoms with E-state index in [9.17, 15) is 0 Å². The Morgan fingerprint density at radius 2 is 1.05 bits per heavy atom. The van der Waals surface area contributed by atoms with Gasteiger partial charge in [-0.05, 0) is 12.8 Å². The van der Waals surface area contributed by atoms with Gasteiger partial charge in [-0.1, -0.05) is 12.8 Å². The molecule has 2 unspecified atom stereocenters. The summed E-state index contributed by atoms with van der Waals surface area (Å²) >= 11 is 0. The average molecular weight is 310 g/mol. The van der Waals surface area contributed by atoms with Crippen molar-refractivity contribution >= 4 is 0 Å². The van der Waals surface area contributed by atoms with Gasteiger partial charge in [0, 0.05) is 13.2 Å². The number of aliphatic hydroxyl groups is 4. The van der Waals surface area contributed by atoms with Crippen LogP contribution >= 0.6 is 0 Å². The SMILES string of the molecule is C(OCC1CO1)C1CO1.OCCCCCCO.OCCO. The van der Waals surface area contributed by atoms with E-state index in [1.165, 1.54) is 0 Å². The van der Waals surface area contributed by atoms with Crippen LogP contribution < -0.4 is 0 Å². The van der Waals surface area contributed by atoms with Gasteiger partial charge in [-0.2, -0.15) is 0 Å². The maximum Gasteiger partial charge on any atom is 0.104 e. The van der Waals surface area contributed by atoms with Crippen molar-refractivity contribution in [2.75, 3.05) is 52.9 Å². The Balaban J connectivity index is 0.000000310. The Hall–Kier alpha value is -0.280. The number of ether oxygens (including phenoxy) is 3. The van der Waals surface area contributed by atoms with E-state index in [1.54, 1.807) is 0 Å². The molecule has 0 aliphatic carbocycles. The number of unbranched alkanes of at least 4 members (excludes halogenated alkanes) is 3. The zero-order valence-corrected chi connectivity index (χ0v) is 12.7. The zero-order valence-electron chi connectivity index (χ0n) is 12.7. The Labute approximate surface area is 126 Å². The second-order valence-electron chi connectivity index (χ2n) is 4.76. The van der Waals surface area contributed by atoms with Crippen LogP contribution in [-0.4, -0.2) is 85.5 Å². The molecular formula is C14H30O7. The Bertz CT molecular complexity index is 176. The second kappa shape index (κ2) is 16.1. The van der Waals surface area contributed by atoms with Gasteiger partial charge in [-0.15, -0.1) is 0 Å². The molecule has 0 aromatic rings. The molecule has 0 aromatic carbocycles. The third-order valence-electron chi connectivity index (χ3n) is 2.58. The van der Waals surface area contributed by atoms with Crippen molar-refractivity contribution in [3.8, 4) is 0 Å². The molecule has 4 N–H and O–H groups in total. The van der Waals surface area contributed by atoms with Crippen molar-refractivity contribution in [2.45, 2.75) is 37.9 Å². The first-order valence-corrected chi connectivity index (χ1v) is 7.52. The lowest BCUT2D eigenvalue weighted by Crippen LogP contribution is -2.06. The molecule has 2 fully saturated rings. The largest absolute Gasteiger partial charge is 0.396 e. The van der Waals surface area contributed by atoms with Gasteiger partial charge in [0.05, 0.1) is 39.6 Å². The molecule has 0 spiro atoms. The molecule has 2 heterocycles. The molecule has 2 aliphatic rings. The van der Waals surface area contributed by atoms with Crippen LogP contribution in [0.1, 0.15) is 25.7 Å². The molecular weight excluding hydrogens is 280 g/mol. The first-order chi connectivity index (χ1) is 10.3. The first kappa shape index (κ1) is 20.7. The third-order valence-corrected chi connectivity index (χ3v) is 2.58. The smallest absolute Gasteiger partial charge is 0.104 e. The summed E-state index contributed by atoms with van der Waals surface area (Å²) in [6.45, 7) is 3.58. The molecule has 0 amide bonds. The average Bonchev–Trinajstić information content (AvgIpc) is 3.39. The van der Waals surface area contributed by atoms with Crippen LogP contribution in [-0.2, 0) is 14.2 Å². The molecule has 7 nitrogen and oxygen atoms in total. The monoisotopic (exact) mass is 310 g/mol. The van der Waals surface area contributed by atoms with E-state index in [2.05, 4.69) is 0 Å². The number of hydrogen-bond acceptors (Lipinski definition) is 7. The first-order valence-electron chi connectivity index (χ1n) is 7.52. The van der Waals surface area contributed by atoms with Crippen molar-refractivity contribution < 1.29 is 34.6 Å². The van der Waals surface area contributed by atoms with Gasteiger partial charge in [0.1, 0.15) is 12.2 Å². The fourth-order valence-electron chi connectivity index (χ4n) is 1.24. The Kier molecular flexibility index (Phi) is 15.9. The molecule has 0 saturated carbocycles. The summed E-state index contributed by atoms with van der Waals surface area (Å²) in [7, 11) is 0. The van der Waals surface area contributed by atoms with E-state index < -0.39 is 0 Å². The molecule has 2 rings (SSSR count). The van der Waals surface area contributed by atoms with Crippen LogP contribution in [0.4, 0.5) is 0 Å². The summed E-state index contributed by atoms with van der Waals surface area (Å²) in [5.41, 5.74) is 0. The summed E-state index contributed by atoms with van der Waals surface area (Å²) in [6, 6.07) is 0. The third kappa shape index (κ3) is 19.7. The lowest BCUT2D eigenvalue weighted by molar-refractivity contribution is 0.102. The molecule has 0 radical (unpaired) electrons. The van der Waals surface area contributed by atoms with Gasteiger partial charge in [0.2, 0.25) is 0 Å². The highest BCUT2D eigenvalue weighted by atomic mass is 16.6. The van der Waals surface area contributed by atoms with E-state index in [1.807, 2.05) is 0 Å². The van der Waals surface area contributed by atoms with Crippen LogP contribution in [0.5, 0.6) is 0 Å². The number of epoxide rings is 2. The van der Waals surface area contributed by atoms with Crippen LogP contribution in [0.2, 0.25) is 0 Å². The van der Waals surface area contributed by atoms with Crippen molar-refractivity contribution in [1.82, 2.24) is 0 Å². The van der Waals surface area contributed by atoms with Crippen molar-refractivity contribution in [3.05, 3.63) is 0 Å². The van der Waals surface area contributed by atoms with E-state index in [-0.39, 0.29) is 26.4 Å². The van der Waals surface area contributed by atoms with E-state index in [4.69, 9.17) is 34.6 Å². The van der Waals surface area contributed by atoms with Gasteiger partial charge in [-0.25, -0.2) is 0 Å². The Morgan fingerprint density at radius 3 is 1.29 bits per heavy atom. The van der Waals surface area contributed by atoms with E-state index in [0.29, 0.717) is 12.2 Å². The fourth-order valence-corrected chi connectivity index (χ4v) is 1.24. The lowest BCUT2D eigenvalue weighted by atomic mass is 10.2. The quantitative estimate of drug-likeness (QED) is 0.311. The number of hydrogen-bond donors (Lipinski definition) is 4. The molecule has 2 aliphatic heterocycles.